The fraction of sp³-hybridized carbons (Fsp3) is 0.471. The largest absolute Gasteiger partial charge is 0.485 e. The molecule has 0 aliphatic carbocycles. The maximum Gasteiger partial charge on any atom is 0.163 e. The third-order valence-corrected chi connectivity index (χ3v) is 3.60. The molecule has 1 aromatic heterocycles. The Hall–Kier alpha value is -1.81. The van der Waals surface area contributed by atoms with Crippen LogP contribution >= 0.6 is 0 Å². The van der Waals surface area contributed by atoms with E-state index in [1.54, 1.807) is 0 Å². The van der Waals surface area contributed by atoms with E-state index in [-0.39, 0.29) is 0 Å². The summed E-state index contributed by atoms with van der Waals surface area (Å²) in [6.07, 6.45) is 1.16. The molecule has 0 amide bonds. The van der Waals surface area contributed by atoms with Gasteiger partial charge in [-0.3, -0.25) is 4.68 Å². The van der Waals surface area contributed by atoms with E-state index in [1.165, 1.54) is 11.1 Å². The van der Waals surface area contributed by atoms with Gasteiger partial charge in [0, 0.05) is 13.6 Å². The minimum absolute atomic E-state index is 0.579. The Morgan fingerprint density at radius 1 is 1.14 bits per heavy atom. The minimum atomic E-state index is 0.579. The van der Waals surface area contributed by atoms with Crippen molar-refractivity contribution in [3.05, 3.63) is 46.8 Å². The van der Waals surface area contributed by atoms with Gasteiger partial charge in [-0.15, -0.1) is 0 Å². The van der Waals surface area contributed by atoms with E-state index < -0.39 is 0 Å². The summed E-state index contributed by atoms with van der Waals surface area (Å²) >= 11 is 0. The van der Waals surface area contributed by atoms with Crippen molar-refractivity contribution >= 4 is 0 Å². The number of nitrogens with one attached hydrogen (secondary N) is 1. The van der Waals surface area contributed by atoms with Crippen LogP contribution in [0.3, 0.4) is 0 Å². The third kappa shape index (κ3) is 4.08. The lowest BCUT2D eigenvalue weighted by molar-refractivity contribution is 0.301. The summed E-state index contributed by atoms with van der Waals surface area (Å²) in [5.41, 5.74) is 4.49. The summed E-state index contributed by atoms with van der Waals surface area (Å²) in [5.74, 6) is 0.895. The molecule has 1 aromatic carbocycles. The van der Waals surface area contributed by atoms with Crippen LogP contribution in [0.1, 0.15) is 35.9 Å². The quantitative estimate of drug-likeness (QED) is 0.795. The van der Waals surface area contributed by atoms with E-state index in [1.807, 2.05) is 25.6 Å². The average molecular weight is 287 g/mol. The molecular formula is C17H25N3O. The van der Waals surface area contributed by atoms with Crippen molar-refractivity contribution in [1.29, 1.82) is 0 Å². The highest BCUT2D eigenvalue weighted by atomic mass is 16.5. The van der Waals surface area contributed by atoms with E-state index >= 15 is 0 Å². The van der Waals surface area contributed by atoms with Gasteiger partial charge in [-0.2, -0.15) is 5.10 Å². The topological polar surface area (TPSA) is 39.1 Å². The molecule has 4 nitrogen and oxygen atoms in total. The normalized spacial score (nSPS) is 10.9. The van der Waals surface area contributed by atoms with Crippen molar-refractivity contribution < 1.29 is 4.74 Å². The highest BCUT2D eigenvalue weighted by Gasteiger charge is 2.10. The second kappa shape index (κ2) is 7.27. The Labute approximate surface area is 127 Å². The molecule has 0 bridgehead atoms. The summed E-state index contributed by atoms with van der Waals surface area (Å²) in [5, 5.41) is 7.77. The van der Waals surface area contributed by atoms with Crippen LogP contribution in [0.4, 0.5) is 0 Å². The van der Waals surface area contributed by atoms with Gasteiger partial charge in [0.2, 0.25) is 0 Å². The SMILES string of the molecule is CCCNCc1ccc(COc2c(C)nn(C)c2C)cc1. The van der Waals surface area contributed by atoms with Crippen LogP contribution in [0.5, 0.6) is 5.75 Å². The lowest BCUT2D eigenvalue weighted by Crippen LogP contribution is -2.13. The molecule has 0 saturated heterocycles. The van der Waals surface area contributed by atoms with Crippen molar-refractivity contribution in [3.8, 4) is 5.75 Å². The van der Waals surface area contributed by atoms with Crippen molar-refractivity contribution in [2.24, 2.45) is 7.05 Å². The summed E-state index contributed by atoms with van der Waals surface area (Å²) in [6.45, 7) is 8.74. The third-order valence-electron chi connectivity index (χ3n) is 3.60. The first-order chi connectivity index (χ1) is 10.1. The smallest absolute Gasteiger partial charge is 0.163 e. The number of benzene rings is 1. The van der Waals surface area contributed by atoms with E-state index in [9.17, 15) is 0 Å². The molecular weight excluding hydrogens is 262 g/mol. The molecule has 21 heavy (non-hydrogen) atoms. The van der Waals surface area contributed by atoms with Gasteiger partial charge < -0.3 is 10.1 Å². The second-order valence-corrected chi connectivity index (χ2v) is 5.41. The Kier molecular flexibility index (Phi) is 5.39. The lowest BCUT2D eigenvalue weighted by atomic mass is 10.1. The Morgan fingerprint density at radius 3 is 2.38 bits per heavy atom. The summed E-state index contributed by atoms with van der Waals surface area (Å²) < 4.78 is 7.77. The zero-order chi connectivity index (χ0) is 15.2. The maximum absolute atomic E-state index is 5.91. The molecule has 0 unspecified atom stereocenters. The van der Waals surface area contributed by atoms with Crippen molar-refractivity contribution in [3.63, 3.8) is 0 Å². The Bertz CT molecular complexity index is 572. The number of nitrogens with zero attached hydrogens (tertiary/aromatic N) is 2. The highest BCUT2D eigenvalue weighted by molar-refractivity contribution is 5.32. The summed E-state index contributed by atoms with van der Waals surface area (Å²) in [7, 11) is 1.94. The summed E-state index contributed by atoms with van der Waals surface area (Å²) in [4.78, 5) is 0. The zero-order valence-corrected chi connectivity index (χ0v) is 13.4. The zero-order valence-electron chi connectivity index (χ0n) is 13.4. The molecule has 2 aromatic rings. The van der Waals surface area contributed by atoms with Gasteiger partial charge in [-0.1, -0.05) is 31.2 Å². The first kappa shape index (κ1) is 15.6. The fourth-order valence-electron chi connectivity index (χ4n) is 2.28. The van der Waals surface area contributed by atoms with Gasteiger partial charge in [0.1, 0.15) is 12.3 Å². The molecule has 0 saturated carbocycles. The van der Waals surface area contributed by atoms with Gasteiger partial charge in [-0.25, -0.2) is 0 Å². The fourth-order valence-corrected chi connectivity index (χ4v) is 2.28. The van der Waals surface area contributed by atoms with Crippen LogP contribution in [0.25, 0.3) is 0 Å². The molecule has 0 spiro atoms. The number of ether oxygens (including phenoxy) is 1. The van der Waals surface area contributed by atoms with Gasteiger partial charge >= 0.3 is 0 Å². The molecule has 1 heterocycles. The second-order valence-electron chi connectivity index (χ2n) is 5.41. The first-order valence-corrected chi connectivity index (χ1v) is 7.53. The maximum atomic E-state index is 5.91. The van der Waals surface area contributed by atoms with Gasteiger partial charge in [0.25, 0.3) is 0 Å². The van der Waals surface area contributed by atoms with E-state index in [0.717, 1.165) is 36.6 Å². The van der Waals surface area contributed by atoms with Gasteiger partial charge in [0.05, 0.1) is 5.69 Å². The van der Waals surface area contributed by atoms with E-state index in [2.05, 4.69) is 41.6 Å². The van der Waals surface area contributed by atoms with Crippen molar-refractivity contribution in [1.82, 2.24) is 15.1 Å². The predicted octanol–water partition coefficient (Wildman–Crippen LogP) is 3.12. The molecule has 0 radical (unpaired) electrons. The Balaban J connectivity index is 1.91. The number of hydrogen-bond donors (Lipinski definition) is 1. The standard InChI is InChI=1S/C17H25N3O/c1-5-10-18-11-15-6-8-16(9-7-15)12-21-17-13(2)19-20(4)14(17)3/h6-9,18H,5,10-12H2,1-4H3. The molecule has 114 valence electrons. The van der Waals surface area contributed by atoms with Crippen LogP contribution < -0.4 is 10.1 Å². The molecule has 4 heteroatoms. The lowest BCUT2D eigenvalue weighted by Gasteiger charge is -2.08. The first-order valence-electron chi connectivity index (χ1n) is 7.53. The molecule has 0 atom stereocenters. The van der Waals surface area contributed by atoms with Crippen LogP contribution in [-0.4, -0.2) is 16.3 Å². The number of aryl methyl sites for hydroxylation is 2. The van der Waals surface area contributed by atoms with E-state index in [0.29, 0.717) is 6.61 Å². The number of rotatable bonds is 7. The predicted molar refractivity (Wildman–Crippen MR) is 85.5 cm³/mol. The van der Waals surface area contributed by atoms with Crippen LogP contribution in [-0.2, 0) is 20.2 Å². The van der Waals surface area contributed by atoms with Crippen LogP contribution in [0.15, 0.2) is 24.3 Å². The summed E-state index contributed by atoms with van der Waals surface area (Å²) in [6, 6.07) is 8.57. The molecule has 1 N–H and O–H groups in total. The number of aromatic nitrogens is 2. The molecule has 2 rings (SSSR count). The minimum Gasteiger partial charge on any atom is -0.485 e. The van der Waals surface area contributed by atoms with E-state index in [4.69, 9.17) is 4.74 Å². The number of hydrogen-bond acceptors (Lipinski definition) is 3. The average Bonchev–Trinajstić information content (AvgIpc) is 2.72. The van der Waals surface area contributed by atoms with Crippen molar-refractivity contribution in [2.45, 2.75) is 40.3 Å². The van der Waals surface area contributed by atoms with Crippen LogP contribution in [0.2, 0.25) is 0 Å². The molecule has 0 aliphatic rings. The van der Waals surface area contributed by atoms with Crippen molar-refractivity contribution in [2.75, 3.05) is 6.54 Å². The molecule has 0 aliphatic heterocycles. The van der Waals surface area contributed by atoms with Crippen LogP contribution in [0, 0.1) is 13.8 Å². The highest BCUT2D eigenvalue weighted by Crippen LogP contribution is 2.22. The van der Waals surface area contributed by atoms with Gasteiger partial charge in [0.15, 0.2) is 5.75 Å². The molecule has 0 fully saturated rings. The Morgan fingerprint density at radius 2 is 1.81 bits per heavy atom. The van der Waals surface area contributed by atoms with Gasteiger partial charge in [-0.05, 0) is 37.9 Å². The monoisotopic (exact) mass is 287 g/mol.